The lowest BCUT2D eigenvalue weighted by Gasteiger charge is -2.08. The number of thiazole rings is 1. The van der Waals surface area contributed by atoms with Crippen LogP contribution in [0.15, 0.2) is 24.3 Å². The van der Waals surface area contributed by atoms with E-state index in [2.05, 4.69) is 15.6 Å². The van der Waals surface area contributed by atoms with E-state index in [-0.39, 0.29) is 26.8 Å². The summed E-state index contributed by atoms with van der Waals surface area (Å²) in [4.78, 5) is 37.1. The van der Waals surface area contributed by atoms with Crippen LogP contribution in [0.4, 0.5) is 15.8 Å². The molecule has 0 bridgehead atoms. The van der Waals surface area contributed by atoms with Gasteiger partial charge in [-0.25, -0.2) is 4.98 Å². The van der Waals surface area contributed by atoms with Gasteiger partial charge in [0.2, 0.25) is 11.1 Å². The van der Waals surface area contributed by atoms with Crippen molar-refractivity contribution in [1.29, 1.82) is 0 Å². The molecule has 0 saturated carbocycles. The summed E-state index contributed by atoms with van der Waals surface area (Å²) in [6, 6.07) is 6.35. The molecule has 0 atom stereocenters. The molecule has 0 radical (unpaired) electrons. The van der Waals surface area contributed by atoms with Crippen LogP contribution in [0.5, 0.6) is 0 Å². The Labute approximate surface area is 133 Å². The highest BCUT2D eigenvalue weighted by Gasteiger charge is 2.21. The lowest BCUT2D eigenvalue weighted by Crippen LogP contribution is -2.16. The Balaban J connectivity index is 2.24. The van der Waals surface area contributed by atoms with Gasteiger partial charge >= 0.3 is 5.00 Å². The number of amides is 2. The minimum Gasteiger partial charge on any atom is -0.326 e. The summed E-state index contributed by atoms with van der Waals surface area (Å²) in [6.45, 7) is 1.32. The predicted molar refractivity (Wildman–Crippen MR) is 82.5 cm³/mol. The van der Waals surface area contributed by atoms with Crippen molar-refractivity contribution in [3.63, 3.8) is 0 Å². The van der Waals surface area contributed by atoms with E-state index in [9.17, 15) is 19.7 Å². The van der Waals surface area contributed by atoms with Crippen LogP contribution in [-0.4, -0.2) is 21.7 Å². The van der Waals surface area contributed by atoms with Crippen molar-refractivity contribution in [2.24, 2.45) is 0 Å². The standard InChI is InChI=1S/C12H9ClN4O4S/c1-6(18)14-8-5-3-2-4-7(8)10(19)16-12-15-9(13)11(22-12)17(20)21/h2-5H,1H3,(H,14,18)(H,15,16,19). The Bertz CT molecular complexity index is 761. The van der Waals surface area contributed by atoms with Crippen molar-refractivity contribution < 1.29 is 14.5 Å². The summed E-state index contributed by atoms with van der Waals surface area (Å²) in [5.41, 5.74) is 0.524. The zero-order chi connectivity index (χ0) is 16.3. The Kier molecular flexibility index (Phi) is 4.68. The molecule has 0 saturated heterocycles. The molecule has 0 spiro atoms. The van der Waals surface area contributed by atoms with Crippen molar-refractivity contribution in [2.45, 2.75) is 6.92 Å². The Hall–Kier alpha value is -2.52. The van der Waals surface area contributed by atoms with Gasteiger partial charge in [0.15, 0.2) is 5.13 Å². The smallest absolute Gasteiger partial charge is 0.326 e. The highest BCUT2D eigenvalue weighted by atomic mass is 35.5. The number of nitro groups is 1. The predicted octanol–water partition coefficient (Wildman–Crippen LogP) is 2.92. The van der Waals surface area contributed by atoms with E-state index in [0.29, 0.717) is 17.0 Å². The number of halogens is 1. The molecule has 0 aliphatic rings. The number of carbonyl (C=O) groups excluding carboxylic acids is 2. The molecule has 0 aliphatic heterocycles. The van der Waals surface area contributed by atoms with Crippen LogP contribution in [0.1, 0.15) is 17.3 Å². The van der Waals surface area contributed by atoms with Crippen LogP contribution in [0.2, 0.25) is 5.15 Å². The zero-order valence-corrected chi connectivity index (χ0v) is 12.7. The SMILES string of the molecule is CC(=O)Nc1ccccc1C(=O)Nc1nc(Cl)c([N+](=O)[O-])s1. The number of nitrogens with zero attached hydrogens (tertiary/aromatic N) is 2. The molecule has 114 valence electrons. The molecule has 0 unspecified atom stereocenters. The van der Waals surface area contributed by atoms with Crippen molar-refractivity contribution in [3.8, 4) is 0 Å². The molecular weight excluding hydrogens is 332 g/mol. The number of aromatic nitrogens is 1. The van der Waals surface area contributed by atoms with Crippen molar-refractivity contribution in [1.82, 2.24) is 4.98 Å². The van der Waals surface area contributed by atoms with Gasteiger partial charge in [-0.3, -0.25) is 25.0 Å². The second-order valence-electron chi connectivity index (χ2n) is 4.05. The van der Waals surface area contributed by atoms with Gasteiger partial charge in [-0.15, -0.1) is 0 Å². The van der Waals surface area contributed by atoms with E-state index >= 15 is 0 Å². The van der Waals surface area contributed by atoms with E-state index in [4.69, 9.17) is 11.6 Å². The van der Waals surface area contributed by atoms with Gasteiger partial charge in [0.05, 0.1) is 16.2 Å². The number of benzene rings is 1. The molecule has 1 aromatic heterocycles. The van der Waals surface area contributed by atoms with Crippen LogP contribution in [-0.2, 0) is 4.79 Å². The molecule has 2 N–H and O–H groups in total. The molecule has 1 heterocycles. The fraction of sp³-hybridized carbons (Fsp3) is 0.0833. The molecule has 0 aliphatic carbocycles. The maximum atomic E-state index is 12.2. The summed E-state index contributed by atoms with van der Waals surface area (Å²) in [5, 5.41) is 15.0. The highest BCUT2D eigenvalue weighted by molar-refractivity contribution is 7.19. The van der Waals surface area contributed by atoms with E-state index < -0.39 is 10.8 Å². The molecule has 2 aromatic rings. The number of anilines is 2. The highest BCUT2D eigenvalue weighted by Crippen LogP contribution is 2.34. The van der Waals surface area contributed by atoms with Crippen LogP contribution >= 0.6 is 22.9 Å². The summed E-state index contributed by atoms with van der Waals surface area (Å²) < 4.78 is 0. The molecule has 2 amide bonds. The van der Waals surface area contributed by atoms with E-state index in [0.717, 1.165) is 0 Å². The third-order valence-corrected chi connectivity index (χ3v) is 3.74. The third kappa shape index (κ3) is 3.57. The van der Waals surface area contributed by atoms with Gasteiger partial charge in [0, 0.05) is 6.92 Å². The topological polar surface area (TPSA) is 114 Å². The molecule has 8 nitrogen and oxygen atoms in total. The number of hydrogen-bond acceptors (Lipinski definition) is 6. The summed E-state index contributed by atoms with van der Waals surface area (Å²) >= 11 is 6.27. The van der Waals surface area contributed by atoms with Gasteiger partial charge in [0.25, 0.3) is 5.91 Å². The third-order valence-electron chi connectivity index (χ3n) is 2.44. The van der Waals surface area contributed by atoms with Gasteiger partial charge in [-0.05, 0) is 23.5 Å². The normalized spacial score (nSPS) is 10.1. The van der Waals surface area contributed by atoms with Gasteiger partial charge < -0.3 is 5.32 Å². The Morgan fingerprint density at radius 2 is 2.00 bits per heavy atom. The fourth-order valence-corrected chi connectivity index (χ4v) is 2.59. The molecular formula is C12H9ClN4O4S. The summed E-state index contributed by atoms with van der Waals surface area (Å²) in [6.07, 6.45) is 0. The maximum absolute atomic E-state index is 12.2. The van der Waals surface area contributed by atoms with Gasteiger partial charge in [-0.2, -0.15) is 0 Å². The van der Waals surface area contributed by atoms with Crippen molar-refractivity contribution >= 4 is 50.6 Å². The number of para-hydroxylation sites is 1. The fourth-order valence-electron chi connectivity index (χ4n) is 1.60. The van der Waals surface area contributed by atoms with Crippen LogP contribution in [0.25, 0.3) is 0 Å². The van der Waals surface area contributed by atoms with Crippen molar-refractivity contribution in [2.75, 3.05) is 10.6 Å². The average Bonchev–Trinajstić information content (AvgIpc) is 2.79. The molecule has 22 heavy (non-hydrogen) atoms. The maximum Gasteiger partial charge on any atom is 0.364 e. The largest absolute Gasteiger partial charge is 0.364 e. The molecule has 2 rings (SSSR count). The van der Waals surface area contributed by atoms with Gasteiger partial charge in [0.1, 0.15) is 0 Å². The quantitative estimate of drug-likeness (QED) is 0.656. The van der Waals surface area contributed by atoms with Crippen LogP contribution in [0, 0.1) is 10.1 Å². The first-order chi connectivity index (χ1) is 10.4. The minimum atomic E-state index is -0.680. The first kappa shape index (κ1) is 15.9. The number of carbonyl (C=O) groups is 2. The van der Waals surface area contributed by atoms with E-state index in [1.165, 1.54) is 13.0 Å². The summed E-state index contributed by atoms with van der Waals surface area (Å²) in [5.74, 6) is -0.891. The van der Waals surface area contributed by atoms with Crippen molar-refractivity contribution in [3.05, 3.63) is 45.1 Å². The molecule has 1 aromatic carbocycles. The minimum absolute atomic E-state index is 0.000622. The first-order valence-electron chi connectivity index (χ1n) is 5.87. The number of nitrogens with one attached hydrogen (secondary N) is 2. The number of hydrogen-bond donors (Lipinski definition) is 2. The average molecular weight is 341 g/mol. The van der Waals surface area contributed by atoms with E-state index in [1.54, 1.807) is 18.2 Å². The Morgan fingerprint density at radius 3 is 2.59 bits per heavy atom. The second kappa shape index (κ2) is 6.50. The monoisotopic (exact) mass is 340 g/mol. The molecule has 10 heteroatoms. The first-order valence-corrected chi connectivity index (χ1v) is 7.06. The van der Waals surface area contributed by atoms with Gasteiger partial charge in [-0.1, -0.05) is 23.7 Å². The van der Waals surface area contributed by atoms with Crippen LogP contribution in [0.3, 0.4) is 0 Å². The number of rotatable bonds is 4. The van der Waals surface area contributed by atoms with E-state index in [1.807, 2.05) is 0 Å². The second-order valence-corrected chi connectivity index (χ2v) is 5.39. The zero-order valence-electron chi connectivity index (χ0n) is 11.1. The summed E-state index contributed by atoms with van der Waals surface area (Å²) in [7, 11) is 0. The van der Waals surface area contributed by atoms with Crippen LogP contribution < -0.4 is 10.6 Å². The Morgan fingerprint density at radius 1 is 1.32 bits per heavy atom. The lowest BCUT2D eigenvalue weighted by molar-refractivity contribution is -0.380. The molecule has 0 fully saturated rings. The lowest BCUT2D eigenvalue weighted by atomic mass is 10.1.